The van der Waals surface area contributed by atoms with Crippen molar-refractivity contribution in [3.05, 3.63) is 63.5 Å². The van der Waals surface area contributed by atoms with E-state index in [-0.39, 0.29) is 17.7 Å². The highest BCUT2D eigenvalue weighted by Crippen LogP contribution is 2.36. The number of ether oxygens (including phenoxy) is 1. The maximum Gasteiger partial charge on any atom is 0.293 e. The second kappa shape index (κ2) is 9.14. The summed E-state index contributed by atoms with van der Waals surface area (Å²) in [6.07, 6.45) is 5.40. The van der Waals surface area contributed by atoms with Gasteiger partial charge in [-0.25, -0.2) is 0 Å². The van der Waals surface area contributed by atoms with Gasteiger partial charge in [0.15, 0.2) is 0 Å². The number of halogens is 1. The van der Waals surface area contributed by atoms with Gasteiger partial charge in [0, 0.05) is 35.4 Å². The number of carbonyl (C=O) groups is 2. The van der Waals surface area contributed by atoms with Crippen LogP contribution in [-0.2, 0) is 11.3 Å². The van der Waals surface area contributed by atoms with Crippen LogP contribution in [-0.4, -0.2) is 36.2 Å². The highest BCUT2D eigenvalue weighted by molar-refractivity contribution is 8.18. The van der Waals surface area contributed by atoms with Gasteiger partial charge in [-0.05, 0) is 60.9 Å². The van der Waals surface area contributed by atoms with Crippen molar-refractivity contribution in [2.45, 2.75) is 25.8 Å². The number of anilines is 1. The van der Waals surface area contributed by atoms with Crippen LogP contribution in [0.2, 0.25) is 5.02 Å². The summed E-state index contributed by atoms with van der Waals surface area (Å²) < 4.78 is 5.58. The van der Waals surface area contributed by atoms with Crippen molar-refractivity contribution in [2.75, 3.05) is 25.1 Å². The molecule has 2 aromatic rings. The van der Waals surface area contributed by atoms with Gasteiger partial charge in [-0.2, -0.15) is 0 Å². The number of rotatable bonds is 5. The number of hydrogen-bond donors (Lipinski definition) is 0. The molecular formula is C23H23ClN2O3S. The normalized spacial score (nSPS) is 18.4. The zero-order chi connectivity index (χ0) is 21.1. The van der Waals surface area contributed by atoms with Crippen LogP contribution in [0, 0.1) is 0 Å². The lowest BCUT2D eigenvalue weighted by molar-refractivity contribution is -0.123. The number of nitrogens with zero attached hydrogens (tertiary/aromatic N) is 2. The number of thioether (sulfide) groups is 1. The minimum Gasteiger partial charge on any atom is -0.496 e. The molecule has 2 aliphatic heterocycles. The van der Waals surface area contributed by atoms with Crippen molar-refractivity contribution in [1.82, 2.24) is 4.90 Å². The number of benzene rings is 2. The third kappa shape index (κ3) is 4.35. The Bertz CT molecular complexity index is 1000. The van der Waals surface area contributed by atoms with Crippen molar-refractivity contribution in [3.63, 3.8) is 0 Å². The lowest BCUT2D eigenvalue weighted by Gasteiger charge is -2.29. The van der Waals surface area contributed by atoms with Crippen molar-refractivity contribution < 1.29 is 14.3 Å². The van der Waals surface area contributed by atoms with Gasteiger partial charge in [0.1, 0.15) is 5.75 Å². The highest BCUT2D eigenvalue weighted by atomic mass is 35.5. The SMILES string of the molecule is COc1cc(N2CCCCC2)ccc1/C=C1\SC(=O)N(Cc2ccccc2Cl)C1=O. The standard InChI is InChI=1S/C23H23ClN2O3S/c1-29-20-14-18(25-11-5-2-6-12-25)10-9-16(20)13-21-22(27)26(23(28)30-21)15-17-7-3-4-8-19(17)24/h3-4,7-10,13-14H,2,5-6,11-12,15H2,1H3/b21-13-. The Morgan fingerprint density at radius 2 is 1.87 bits per heavy atom. The summed E-state index contributed by atoms with van der Waals surface area (Å²) in [5.74, 6) is 0.378. The third-order valence-electron chi connectivity index (χ3n) is 5.38. The predicted molar refractivity (Wildman–Crippen MR) is 122 cm³/mol. The van der Waals surface area contributed by atoms with Crippen LogP contribution in [0.5, 0.6) is 5.75 Å². The summed E-state index contributed by atoms with van der Waals surface area (Å²) in [5, 5.41) is 0.241. The zero-order valence-corrected chi connectivity index (χ0v) is 18.3. The maximum absolute atomic E-state index is 12.9. The van der Waals surface area contributed by atoms with Crippen LogP contribution in [0.3, 0.4) is 0 Å². The number of piperidine rings is 1. The van der Waals surface area contributed by atoms with Gasteiger partial charge in [0.25, 0.3) is 11.1 Å². The quantitative estimate of drug-likeness (QED) is 0.566. The topological polar surface area (TPSA) is 49.9 Å². The molecule has 4 rings (SSSR count). The van der Waals surface area contributed by atoms with E-state index in [1.165, 1.54) is 24.2 Å². The van der Waals surface area contributed by atoms with E-state index >= 15 is 0 Å². The molecule has 2 aromatic carbocycles. The summed E-state index contributed by atoms with van der Waals surface area (Å²) in [6, 6.07) is 13.2. The minimum atomic E-state index is -0.313. The fourth-order valence-electron chi connectivity index (χ4n) is 3.74. The Morgan fingerprint density at radius 1 is 1.10 bits per heavy atom. The highest BCUT2D eigenvalue weighted by Gasteiger charge is 2.35. The summed E-state index contributed by atoms with van der Waals surface area (Å²) >= 11 is 7.13. The summed E-state index contributed by atoms with van der Waals surface area (Å²) in [6.45, 7) is 2.25. The van der Waals surface area contributed by atoms with Gasteiger partial charge >= 0.3 is 0 Å². The molecule has 5 nitrogen and oxygen atoms in total. The van der Waals surface area contributed by atoms with Crippen LogP contribution in [0.1, 0.15) is 30.4 Å². The average Bonchev–Trinajstić information content (AvgIpc) is 3.03. The molecule has 2 heterocycles. The van der Waals surface area contributed by atoms with Crippen LogP contribution >= 0.6 is 23.4 Å². The van der Waals surface area contributed by atoms with Crippen molar-refractivity contribution in [1.29, 1.82) is 0 Å². The van der Waals surface area contributed by atoms with Crippen molar-refractivity contribution in [2.24, 2.45) is 0 Å². The number of hydrogen-bond acceptors (Lipinski definition) is 5. The Balaban J connectivity index is 1.56. The first kappa shape index (κ1) is 20.8. The lowest BCUT2D eigenvalue weighted by atomic mass is 10.1. The summed E-state index contributed by atoms with van der Waals surface area (Å²) in [5.41, 5.74) is 2.64. The molecule has 0 saturated carbocycles. The van der Waals surface area contributed by atoms with Gasteiger partial charge in [0.05, 0.1) is 18.6 Å². The fraction of sp³-hybridized carbons (Fsp3) is 0.304. The molecule has 0 spiro atoms. The fourth-order valence-corrected chi connectivity index (χ4v) is 4.77. The largest absolute Gasteiger partial charge is 0.496 e. The van der Waals surface area contributed by atoms with Crippen LogP contribution in [0.4, 0.5) is 10.5 Å². The minimum absolute atomic E-state index is 0.159. The van der Waals surface area contributed by atoms with E-state index in [1.54, 1.807) is 19.3 Å². The average molecular weight is 443 g/mol. The molecule has 156 valence electrons. The number of amides is 2. The second-order valence-corrected chi connectivity index (χ2v) is 8.73. The van der Waals surface area contributed by atoms with Crippen LogP contribution in [0.25, 0.3) is 6.08 Å². The molecule has 0 atom stereocenters. The van der Waals surface area contributed by atoms with E-state index in [0.717, 1.165) is 41.7 Å². The first-order valence-electron chi connectivity index (χ1n) is 9.98. The van der Waals surface area contributed by atoms with Gasteiger partial charge < -0.3 is 9.64 Å². The van der Waals surface area contributed by atoms with Gasteiger partial charge in [-0.15, -0.1) is 0 Å². The molecule has 0 aliphatic carbocycles. The Morgan fingerprint density at radius 3 is 2.60 bits per heavy atom. The summed E-state index contributed by atoms with van der Waals surface area (Å²) in [4.78, 5) is 29.3. The number of imide groups is 1. The van der Waals surface area contributed by atoms with E-state index in [4.69, 9.17) is 16.3 Å². The molecule has 0 radical (unpaired) electrons. The third-order valence-corrected chi connectivity index (χ3v) is 6.66. The molecule has 30 heavy (non-hydrogen) atoms. The second-order valence-electron chi connectivity index (χ2n) is 7.33. The van der Waals surface area contributed by atoms with E-state index in [9.17, 15) is 9.59 Å². The van der Waals surface area contributed by atoms with E-state index < -0.39 is 0 Å². The molecule has 0 bridgehead atoms. The Kier molecular flexibility index (Phi) is 6.35. The summed E-state index contributed by atoms with van der Waals surface area (Å²) in [7, 11) is 1.62. The molecule has 2 aliphatic rings. The monoisotopic (exact) mass is 442 g/mol. The van der Waals surface area contributed by atoms with Crippen molar-refractivity contribution in [3.8, 4) is 5.75 Å². The Hall–Kier alpha value is -2.44. The predicted octanol–water partition coefficient (Wildman–Crippen LogP) is 5.58. The molecule has 7 heteroatoms. The van der Waals surface area contributed by atoms with E-state index in [2.05, 4.69) is 4.90 Å². The number of methoxy groups -OCH3 is 1. The molecule has 0 unspecified atom stereocenters. The number of carbonyl (C=O) groups excluding carboxylic acids is 2. The Labute approximate surface area is 185 Å². The first-order chi connectivity index (χ1) is 14.6. The van der Waals surface area contributed by atoms with Crippen LogP contribution < -0.4 is 9.64 Å². The molecular weight excluding hydrogens is 420 g/mol. The van der Waals surface area contributed by atoms with Gasteiger partial charge in [-0.3, -0.25) is 14.5 Å². The van der Waals surface area contributed by atoms with Crippen LogP contribution in [0.15, 0.2) is 47.4 Å². The maximum atomic E-state index is 12.9. The van der Waals surface area contributed by atoms with E-state index in [0.29, 0.717) is 15.7 Å². The molecule has 2 amide bonds. The van der Waals surface area contributed by atoms with Gasteiger partial charge in [0.2, 0.25) is 0 Å². The smallest absolute Gasteiger partial charge is 0.293 e. The molecule has 2 saturated heterocycles. The zero-order valence-electron chi connectivity index (χ0n) is 16.8. The van der Waals surface area contributed by atoms with Crippen molar-refractivity contribution >= 4 is 46.3 Å². The van der Waals surface area contributed by atoms with E-state index in [1.807, 2.05) is 36.4 Å². The molecule has 2 fully saturated rings. The first-order valence-corrected chi connectivity index (χ1v) is 11.2. The van der Waals surface area contributed by atoms with Gasteiger partial charge in [-0.1, -0.05) is 29.8 Å². The lowest BCUT2D eigenvalue weighted by Crippen LogP contribution is -2.29. The molecule has 0 aromatic heterocycles. The molecule has 0 N–H and O–H groups in total.